The molecule has 2 atom stereocenters. The third kappa shape index (κ3) is 8.49. The lowest BCUT2D eigenvalue weighted by molar-refractivity contribution is -0.186. The number of carbonyl (C=O) groups excluding carboxylic acids is 2. The van der Waals surface area contributed by atoms with Crippen molar-refractivity contribution in [2.45, 2.75) is 36.2 Å². The van der Waals surface area contributed by atoms with Crippen molar-refractivity contribution in [2.24, 2.45) is 0 Å². The molecule has 5 N–H and O–H groups in total. The standard InChI is InChI=1S/C28H21N3O5S3.C21H15N3O3S2/c1-17-5-2-3-7-25(17)39(34,35)31-20-11-9-19(10-12-20)28(33)22(16-21-6-4-14-37-21)26(27(32)36-28)18-8-13-23-24(15-18)30-38-29-23;22-14-6-4-13(5-7-14)21(26)16(11-15-2-1-9-28-15)19(20(25)27-21)12-3-8-17-18(10-12)24-29-23-17/h2-15,31,33H,16H2,1H3;1-10,26H,11,22H2. The molecule has 340 valence electrons. The molecule has 0 saturated carbocycles. The normalized spacial score (nSPS) is 18.2. The van der Waals surface area contributed by atoms with Crippen LogP contribution in [0.3, 0.4) is 0 Å². The first-order valence-electron chi connectivity index (χ1n) is 20.7. The number of esters is 2. The first kappa shape index (κ1) is 44.8. The number of rotatable bonds is 11. The fourth-order valence-electron chi connectivity index (χ4n) is 8.14. The van der Waals surface area contributed by atoms with Gasteiger partial charge in [-0.05, 0) is 101 Å². The number of thiophene rings is 2. The van der Waals surface area contributed by atoms with Gasteiger partial charge in [0.05, 0.1) is 39.5 Å². The minimum absolute atomic E-state index is 0.176. The van der Waals surface area contributed by atoms with Gasteiger partial charge in [-0.15, -0.1) is 22.7 Å². The topological polar surface area (TPSA) is 217 Å². The number of aliphatic hydroxyl groups is 2. The summed E-state index contributed by atoms with van der Waals surface area (Å²) in [5.74, 6) is -5.13. The molecule has 9 aromatic rings. The highest BCUT2D eigenvalue weighted by Gasteiger charge is 2.49. The summed E-state index contributed by atoms with van der Waals surface area (Å²) >= 11 is 5.26. The van der Waals surface area contributed by atoms with E-state index in [2.05, 4.69) is 22.2 Å². The number of ether oxygens (including phenoxy) is 2. The van der Waals surface area contributed by atoms with Crippen molar-refractivity contribution in [1.82, 2.24) is 17.5 Å². The molecule has 0 fully saturated rings. The van der Waals surface area contributed by atoms with Crippen molar-refractivity contribution in [3.63, 3.8) is 0 Å². The fourth-order valence-corrected chi connectivity index (χ4v) is 11.9. The summed E-state index contributed by atoms with van der Waals surface area (Å²) in [5, 5.41) is 27.3. The van der Waals surface area contributed by atoms with Gasteiger partial charge in [0.1, 0.15) is 22.1 Å². The largest absolute Gasteiger partial charge is 0.421 e. The van der Waals surface area contributed by atoms with Gasteiger partial charge in [0, 0.05) is 56.2 Å². The number of sulfonamides is 1. The summed E-state index contributed by atoms with van der Waals surface area (Å²) < 4.78 is 56.6. The molecule has 19 heteroatoms. The third-order valence-corrected chi connectivity index (χ3v) is 15.9. The van der Waals surface area contributed by atoms with Crippen molar-refractivity contribution in [2.75, 3.05) is 10.5 Å². The van der Waals surface area contributed by atoms with E-state index >= 15 is 0 Å². The maximum absolute atomic E-state index is 13.3. The molecule has 68 heavy (non-hydrogen) atoms. The highest BCUT2D eigenvalue weighted by atomic mass is 32.2. The first-order chi connectivity index (χ1) is 32.8. The Morgan fingerprint density at radius 2 is 1.07 bits per heavy atom. The van der Waals surface area contributed by atoms with Crippen LogP contribution in [0.5, 0.6) is 0 Å². The summed E-state index contributed by atoms with van der Waals surface area (Å²) in [4.78, 5) is 28.3. The van der Waals surface area contributed by atoms with Crippen LogP contribution in [0.25, 0.3) is 33.2 Å². The van der Waals surface area contributed by atoms with E-state index in [1.165, 1.54) is 29.5 Å². The average molecular weight is 997 g/mol. The van der Waals surface area contributed by atoms with Crippen LogP contribution in [0.4, 0.5) is 11.4 Å². The summed E-state index contributed by atoms with van der Waals surface area (Å²) in [7, 11) is -3.82. The van der Waals surface area contributed by atoms with Crippen molar-refractivity contribution >= 4 is 113 Å². The highest BCUT2D eigenvalue weighted by molar-refractivity contribution is 7.92. The molecular formula is C49H36N6O8S5. The van der Waals surface area contributed by atoms with Gasteiger partial charge in [0.25, 0.3) is 21.6 Å². The van der Waals surface area contributed by atoms with E-state index in [1.54, 1.807) is 97.1 Å². The monoisotopic (exact) mass is 996 g/mol. The van der Waals surface area contributed by atoms with Gasteiger partial charge in [0.15, 0.2) is 0 Å². The van der Waals surface area contributed by atoms with Crippen molar-refractivity contribution < 1.29 is 37.7 Å². The summed E-state index contributed by atoms with van der Waals surface area (Å²) in [6.07, 6.45) is 0.664. The van der Waals surface area contributed by atoms with Gasteiger partial charge in [0.2, 0.25) is 0 Å². The minimum atomic E-state index is -3.82. The number of benzene rings is 5. The molecule has 14 nitrogen and oxygen atoms in total. The van der Waals surface area contributed by atoms with E-state index in [0.717, 1.165) is 44.2 Å². The molecule has 0 saturated heterocycles. The first-order valence-corrected chi connectivity index (χ1v) is 25.4. The lowest BCUT2D eigenvalue weighted by Gasteiger charge is -2.25. The zero-order valence-electron chi connectivity index (χ0n) is 35.5. The predicted octanol–water partition coefficient (Wildman–Crippen LogP) is 8.99. The van der Waals surface area contributed by atoms with Crippen LogP contribution in [-0.2, 0) is 53.5 Å². The number of nitrogens with two attached hydrogens (primary N) is 1. The number of aromatic nitrogens is 4. The Morgan fingerprint density at radius 1 is 0.603 bits per heavy atom. The molecule has 0 spiro atoms. The zero-order valence-corrected chi connectivity index (χ0v) is 39.6. The van der Waals surface area contributed by atoms with Crippen LogP contribution in [-0.4, -0.2) is 48.1 Å². The summed E-state index contributed by atoms with van der Waals surface area (Å²) in [5.41, 5.74) is 13.6. The number of hydrogen-bond donors (Lipinski definition) is 4. The molecule has 6 heterocycles. The average Bonchev–Trinajstić information content (AvgIpc) is 4.20. The molecule has 5 aromatic carbocycles. The molecule has 11 rings (SSSR count). The molecule has 2 unspecified atom stereocenters. The second-order valence-corrected chi connectivity index (χ2v) is 20.6. The van der Waals surface area contributed by atoms with Gasteiger partial charge in [-0.3, -0.25) is 4.72 Å². The van der Waals surface area contributed by atoms with Gasteiger partial charge in [-0.2, -0.15) is 17.5 Å². The molecule has 4 aromatic heterocycles. The highest BCUT2D eigenvalue weighted by Crippen LogP contribution is 2.47. The maximum atomic E-state index is 13.3. The van der Waals surface area contributed by atoms with Gasteiger partial charge < -0.3 is 25.4 Å². The lowest BCUT2D eigenvalue weighted by atomic mass is 9.89. The predicted molar refractivity (Wildman–Crippen MR) is 264 cm³/mol. The Hall–Kier alpha value is -6.97. The number of nitrogens with one attached hydrogen (secondary N) is 1. The van der Waals surface area contributed by atoms with Crippen molar-refractivity contribution in [1.29, 1.82) is 0 Å². The number of anilines is 2. The number of carbonyl (C=O) groups is 2. The van der Waals surface area contributed by atoms with E-state index in [9.17, 15) is 28.2 Å². The van der Waals surface area contributed by atoms with E-state index in [4.69, 9.17) is 15.2 Å². The lowest BCUT2D eigenvalue weighted by Crippen LogP contribution is -2.29. The number of nitrogens with zero attached hydrogens (tertiary/aromatic N) is 4. The van der Waals surface area contributed by atoms with Crippen molar-refractivity contribution in [3.8, 4) is 0 Å². The van der Waals surface area contributed by atoms with Crippen LogP contribution in [0.1, 0.15) is 37.6 Å². The van der Waals surface area contributed by atoms with Crippen LogP contribution in [0, 0.1) is 6.92 Å². The number of fused-ring (bicyclic) bond motifs is 2. The van der Waals surface area contributed by atoms with Gasteiger partial charge in [-0.1, -0.05) is 66.7 Å². The minimum Gasteiger partial charge on any atom is -0.421 e. The Balaban J connectivity index is 0.000000165. The second kappa shape index (κ2) is 17.9. The molecule has 0 bridgehead atoms. The van der Waals surface area contributed by atoms with E-state index < -0.39 is 33.5 Å². The Morgan fingerprint density at radius 3 is 1.54 bits per heavy atom. The van der Waals surface area contributed by atoms with Gasteiger partial charge >= 0.3 is 11.9 Å². The molecule has 2 aliphatic heterocycles. The number of hydrogen-bond acceptors (Lipinski definition) is 17. The van der Waals surface area contributed by atoms with Crippen molar-refractivity contribution in [3.05, 3.63) is 193 Å². The Labute approximate surface area is 405 Å². The number of nitrogen functional groups attached to an aromatic ring is 1. The van der Waals surface area contributed by atoms with E-state index in [-0.39, 0.29) is 16.9 Å². The Kier molecular flexibility index (Phi) is 11.8. The number of cyclic esters (lactones) is 2. The smallest absolute Gasteiger partial charge is 0.342 e. The third-order valence-electron chi connectivity index (χ3n) is 11.5. The van der Waals surface area contributed by atoms with E-state index in [1.807, 2.05) is 47.2 Å². The second-order valence-electron chi connectivity index (χ2n) is 15.8. The molecule has 0 amide bonds. The van der Waals surface area contributed by atoms with E-state index in [0.29, 0.717) is 73.4 Å². The van der Waals surface area contributed by atoms with Crippen LogP contribution < -0.4 is 10.5 Å². The van der Waals surface area contributed by atoms with Crippen LogP contribution in [0.2, 0.25) is 0 Å². The zero-order chi connectivity index (χ0) is 47.2. The van der Waals surface area contributed by atoms with Crippen LogP contribution >= 0.6 is 46.1 Å². The summed E-state index contributed by atoms with van der Waals surface area (Å²) in [6, 6.07) is 38.0. The molecule has 0 radical (unpaired) electrons. The summed E-state index contributed by atoms with van der Waals surface area (Å²) in [6.45, 7) is 1.73. The maximum Gasteiger partial charge on any atom is 0.342 e. The Bertz CT molecular complexity index is 3550. The van der Waals surface area contributed by atoms with Gasteiger partial charge in [-0.25, -0.2) is 18.0 Å². The fraction of sp³-hybridized carbons (Fsp3) is 0.102. The molecule has 0 aliphatic carbocycles. The van der Waals surface area contributed by atoms with Crippen LogP contribution in [0.15, 0.2) is 160 Å². The number of aryl methyl sites for hydroxylation is 1. The SMILES string of the molecule is Cc1ccccc1S(=O)(=O)Nc1ccc(C2(O)OC(=O)C(c3ccc4nsnc4c3)=C2Cc2cccs2)cc1.Nc1ccc(C2(O)OC(=O)C(c3ccc4nsnc4c3)=C2Cc2cccs2)cc1. The molecule has 2 aliphatic rings. The molecular weight excluding hydrogens is 961 g/mol. The quantitative estimate of drug-likeness (QED) is 0.0704.